The molecular formula is C18H26FNO3. The van der Waals surface area contributed by atoms with Crippen molar-refractivity contribution in [2.24, 2.45) is 0 Å². The first-order valence-electron chi connectivity index (χ1n) is 8.51. The third-order valence-electron chi connectivity index (χ3n) is 3.97. The van der Waals surface area contributed by atoms with Gasteiger partial charge in [-0.15, -0.1) is 0 Å². The van der Waals surface area contributed by atoms with Crippen LogP contribution in [0.3, 0.4) is 0 Å². The van der Waals surface area contributed by atoms with E-state index in [1.165, 1.54) is 38.2 Å². The molecule has 1 fully saturated rings. The minimum absolute atomic E-state index is 0.0843. The molecule has 5 heteroatoms. The molecule has 0 bridgehead atoms. The van der Waals surface area contributed by atoms with Crippen LogP contribution in [0.5, 0.6) is 5.75 Å². The molecule has 1 aromatic rings. The van der Waals surface area contributed by atoms with Gasteiger partial charge in [0.25, 0.3) is 0 Å². The van der Waals surface area contributed by atoms with Crippen LogP contribution in [0.4, 0.5) is 4.39 Å². The van der Waals surface area contributed by atoms with Crippen molar-refractivity contribution in [2.45, 2.75) is 51.0 Å². The van der Waals surface area contributed by atoms with Gasteiger partial charge in [0.15, 0.2) is 11.6 Å². The van der Waals surface area contributed by atoms with Crippen molar-refractivity contribution in [3.8, 4) is 5.75 Å². The number of rotatable bonds is 9. The fraction of sp³-hybridized carbons (Fsp3) is 0.611. The summed E-state index contributed by atoms with van der Waals surface area (Å²) in [5.74, 6) is -0.312. The summed E-state index contributed by atoms with van der Waals surface area (Å²) in [5, 5.41) is 2.83. The van der Waals surface area contributed by atoms with Crippen molar-refractivity contribution in [3.63, 3.8) is 0 Å². The molecule has 1 aromatic carbocycles. The lowest BCUT2D eigenvalue weighted by Gasteiger charge is -2.21. The quantitative estimate of drug-likeness (QED) is 0.708. The predicted molar refractivity (Wildman–Crippen MR) is 87.0 cm³/mol. The highest BCUT2D eigenvalue weighted by molar-refractivity contribution is 5.75. The van der Waals surface area contributed by atoms with Crippen molar-refractivity contribution in [1.29, 1.82) is 0 Å². The summed E-state index contributed by atoms with van der Waals surface area (Å²) in [7, 11) is 0. The normalized spacial score (nSPS) is 15.3. The van der Waals surface area contributed by atoms with Crippen LogP contribution in [0.2, 0.25) is 0 Å². The number of benzene rings is 1. The maximum atomic E-state index is 13.3. The zero-order valence-corrected chi connectivity index (χ0v) is 13.6. The van der Waals surface area contributed by atoms with Crippen LogP contribution in [0.15, 0.2) is 24.3 Å². The van der Waals surface area contributed by atoms with Gasteiger partial charge < -0.3 is 14.8 Å². The number of halogens is 1. The van der Waals surface area contributed by atoms with Gasteiger partial charge in [0.05, 0.1) is 19.1 Å². The number of carbonyl (C=O) groups excluding carboxylic acids is 1. The maximum absolute atomic E-state index is 13.3. The van der Waals surface area contributed by atoms with E-state index in [9.17, 15) is 9.18 Å². The van der Waals surface area contributed by atoms with Crippen LogP contribution < -0.4 is 10.1 Å². The van der Waals surface area contributed by atoms with Crippen LogP contribution >= 0.6 is 0 Å². The molecule has 0 aromatic heterocycles. The summed E-state index contributed by atoms with van der Waals surface area (Å²) in [6, 6.07) is 6.19. The van der Waals surface area contributed by atoms with E-state index < -0.39 is 5.82 Å². The first-order valence-corrected chi connectivity index (χ1v) is 8.51. The number of para-hydroxylation sites is 1. The zero-order valence-electron chi connectivity index (χ0n) is 13.6. The highest BCUT2D eigenvalue weighted by Gasteiger charge is 2.13. The number of ether oxygens (including phenoxy) is 2. The molecule has 0 atom stereocenters. The van der Waals surface area contributed by atoms with Gasteiger partial charge in [0, 0.05) is 13.2 Å². The summed E-state index contributed by atoms with van der Waals surface area (Å²) < 4.78 is 24.4. The minimum Gasteiger partial charge on any atom is -0.490 e. The third kappa shape index (κ3) is 6.99. The molecule has 1 amide bonds. The number of amides is 1. The summed E-state index contributed by atoms with van der Waals surface area (Å²) in [5.41, 5.74) is 0. The number of carbonyl (C=O) groups is 1. The van der Waals surface area contributed by atoms with Gasteiger partial charge in [-0.1, -0.05) is 31.4 Å². The lowest BCUT2D eigenvalue weighted by Crippen LogP contribution is -2.27. The van der Waals surface area contributed by atoms with Crippen molar-refractivity contribution in [1.82, 2.24) is 5.32 Å². The molecule has 0 radical (unpaired) electrons. The molecule has 0 unspecified atom stereocenters. The van der Waals surface area contributed by atoms with Crippen molar-refractivity contribution >= 4 is 5.91 Å². The zero-order chi connectivity index (χ0) is 16.3. The highest BCUT2D eigenvalue weighted by Crippen LogP contribution is 2.20. The lowest BCUT2D eigenvalue weighted by atomic mass is 9.98. The van der Waals surface area contributed by atoms with Gasteiger partial charge in [-0.05, 0) is 31.4 Å². The topological polar surface area (TPSA) is 47.6 Å². The van der Waals surface area contributed by atoms with Crippen molar-refractivity contribution in [3.05, 3.63) is 30.1 Å². The van der Waals surface area contributed by atoms with E-state index in [1.807, 2.05) is 0 Å². The largest absolute Gasteiger partial charge is 0.490 e. The van der Waals surface area contributed by atoms with Gasteiger partial charge in [0.2, 0.25) is 5.91 Å². The molecule has 1 aliphatic carbocycles. The molecule has 23 heavy (non-hydrogen) atoms. The van der Waals surface area contributed by atoms with Crippen molar-refractivity contribution in [2.75, 3.05) is 19.8 Å². The second-order valence-corrected chi connectivity index (χ2v) is 5.86. The van der Waals surface area contributed by atoms with Crippen LogP contribution in [0.25, 0.3) is 0 Å². The molecule has 2 rings (SSSR count). The smallest absolute Gasteiger partial charge is 0.223 e. The van der Waals surface area contributed by atoms with E-state index in [-0.39, 0.29) is 24.7 Å². The van der Waals surface area contributed by atoms with Crippen LogP contribution in [-0.2, 0) is 9.53 Å². The molecule has 0 saturated heterocycles. The maximum Gasteiger partial charge on any atom is 0.223 e. The Morgan fingerprint density at radius 3 is 2.74 bits per heavy atom. The second-order valence-electron chi connectivity index (χ2n) is 5.86. The van der Waals surface area contributed by atoms with E-state index in [0.717, 1.165) is 6.42 Å². The highest BCUT2D eigenvalue weighted by atomic mass is 19.1. The standard InChI is InChI=1S/C18H26FNO3/c19-16-9-4-5-10-17(16)23-14-11-18(21)20-12-6-13-22-15-7-2-1-3-8-15/h4-5,9-10,15H,1-3,6-8,11-14H2,(H,20,21). The lowest BCUT2D eigenvalue weighted by molar-refractivity contribution is -0.121. The van der Waals surface area contributed by atoms with E-state index in [4.69, 9.17) is 9.47 Å². The first kappa shape index (κ1) is 17.7. The summed E-state index contributed by atoms with van der Waals surface area (Å²) in [6.07, 6.45) is 7.64. The third-order valence-corrected chi connectivity index (χ3v) is 3.97. The Morgan fingerprint density at radius 1 is 1.17 bits per heavy atom. The van der Waals surface area contributed by atoms with Crippen LogP contribution in [0, 0.1) is 5.82 Å². The van der Waals surface area contributed by atoms with Gasteiger partial charge in [-0.25, -0.2) is 4.39 Å². The number of nitrogens with one attached hydrogen (secondary N) is 1. The molecule has 0 heterocycles. The molecule has 1 saturated carbocycles. The molecule has 1 N–H and O–H groups in total. The van der Waals surface area contributed by atoms with Crippen molar-refractivity contribution < 1.29 is 18.7 Å². The Labute approximate surface area is 137 Å². The summed E-state index contributed by atoms with van der Waals surface area (Å²) >= 11 is 0. The van der Waals surface area contributed by atoms with E-state index in [2.05, 4.69) is 5.32 Å². The van der Waals surface area contributed by atoms with Gasteiger partial charge >= 0.3 is 0 Å². The van der Waals surface area contributed by atoms with Crippen LogP contribution in [-0.4, -0.2) is 31.8 Å². The Morgan fingerprint density at radius 2 is 1.96 bits per heavy atom. The molecule has 0 spiro atoms. The molecule has 0 aliphatic heterocycles. The first-order chi connectivity index (χ1) is 11.3. The van der Waals surface area contributed by atoms with E-state index in [0.29, 0.717) is 19.3 Å². The van der Waals surface area contributed by atoms with Gasteiger partial charge in [-0.3, -0.25) is 4.79 Å². The van der Waals surface area contributed by atoms with E-state index in [1.54, 1.807) is 18.2 Å². The minimum atomic E-state index is -0.409. The Bertz CT molecular complexity index is 475. The molecule has 4 nitrogen and oxygen atoms in total. The van der Waals surface area contributed by atoms with Gasteiger partial charge in [-0.2, -0.15) is 0 Å². The average molecular weight is 323 g/mol. The van der Waals surface area contributed by atoms with E-state index >= 15 is 0 Å². The Balaban J connectivity index is 1.47. The fourth-order valence-electron chi connectivity index (χ4n) is 2.69. The Hall–Kier alpha value is -1.62. The summed E-state index contributed by atoms with van der Waals surface area (Å²) in [6.45, 7) is 1.47. The fourth-order valence-corrected chi connectivity index (χ4v) is 2.69. The summed E-state index contributed by atoms with van der Waals surface area (Å²) in [4.78, 5) is 11.7. The van der Waals surface area contributed by atoms with Crippen LogP contribution in [0.1, 0.15) is 44.9 Å². The number of hydrogen-bond acceptors (Lipinski definition) is 3. The SMILES string of the molecule is O=C(CCOc1ccccc1F)NCCCOC1CCCCC1. The predicted octanol–water partition coefficient (Wildman–Crippen LogP) is 3.45. The number of hydrogen-bond donors (Lipinski definition) is 1. The van der Waals surface area contributed by atoms with Gasteiger partial charge in [0.1, 0.15) is 0 Å². The monoisotopic (exact) mass is 323 g/mol. The average Bonchev–Trinajstić information content (AvgIpc) is 2.57. The Kier molecular flexibility index (Phi) is 7.87. The molecule has 1 aliphatic rings. The second kappa shape index (κ2) is 10.2. The molecular weight excluding hydrogens is 297 g/mol. The molecule has 128 valence electrons.